The first kappa shape index (κ1) is 12.4. The van der Waals surface area contributed by atoms with Crippen molar-refractivity contribution < 1.29 is 0 Å². The average Bonchev–Trinajstić information content (AvgIpc) is 3.26. The normalized spacial score (nSPS) is 11.8. The SMILES string of the molecule is c1nc(Sc2nnc3c4ccsc4ncn23)c2sccc2n1. The van der Waals surface area contributed by atoms with Gasteiger partial charge < -0.3 is 0 Å². The standard InChI is InChI=1S/C13H6N6S3/c1-3-21-11-7(1)10-17-18-13(19(10)6-16-11)22-12-9-8(2-4-20-9)14-5-15-12/h1-6H. The summed E-state index contributed by atoms with van der Waals surface area (Å²) < 4.78 is 2.97. The van der Waals surface area contributed by atoms with Crippen LogP contribution in [0.3, 0.4) is 0 Å². The highest BCUT2D eigenvalue weighted by atomic mass is 32.2. The van der Waals surface area contributed by atoms with Crippen molar-refractivity contribution >= 4 is 60.5 Å². The van der Waals surface area contributed by atoms with E-state index in [0.29, 0.717) is 0 Å². The van der Waals surface area contributed by atoms with Gasteiger partial charge in [0.25, 0.3) is 0 Å². The molecule has 5 aromatic heterocycles. The zero-order chi connectivity index (χ0) is 14.5. The molecule has 0 aromatic carbocycles. The van der Waals surface area contributed by atoms with Gasteiger partial charge in [-0.2, -0.15) is 0 Å². The quantitative estimate of drug-likeness (QED) is 0.457. The van der Waals surface area contributed by atoms with Crippen molar-refractivity contribution in [1.82, 2.24) is 29.5 Å². The van der Waals surface area contributed by atoms with Crippen molar-refractivity contribution in [3.63, 3.8) is 0 Å². The molecule has 0 atom stereocenters. The largest absolute Gasteiger partial charge is 0.259 e. The molecule has 0 saturated carbocycles. The van der Waals surface area contributed by atoms with Crippen molar-refractivity contribution in [3.8, 4) is 0 Å². The summed E-state index contributed by atoms with van der Waals surface area (Å²) in [6.45, 7) is 0. The minimum Gasteiger partial charge on any atom is -0.259 e. The molecule has 0 saturated heterocycles. The lowest BCUT2D eigenvalue weighted by atomic mass is 10.4. The molecule has 0 unspecified atom stereocenters. The van der Waals surface area contributed by atoms with E-state index in [4.69, 9.17) is 0 Å². The van der Waals surface area contributed by atoms with Gasteiger partial charge in [-0.1, -0.05) is 0 Å². The predicted molar refractivity (Wildman–Crippen MR) is 87.7 cm³/mol. The summed E-state index contributed by atoms with van der Waals surface area (Å²) in [4.78, 5) is 14.1. The summed E-state index contributed by atoms with van der Waals surface area (Å²) in [6, 6.07) is 4.01. The molecule has 0 amide bonds. The Morgan fingerprint density at radius 1 is 1.00 bits per heavy atom. The van der Waals surface area contributed by atoms with E-state index in [9.17, 15) is 0 Å². The Kier molecular flexibility index (Phi) is 2.66. The van der Waals surface area contributed by atoms with Crippen LogP contribution in [-0.4, -0.2) is 29.5 Å². The first-order chi connectivity index (χ1) is 10.9. The number of aromatic nitrogens is 6. The maximum Gasteiger partial charge on any atom is 0.203 e. The molecule has 22 heavy (non-hydrogen) atoms. The van der Waals surface area contributed by atoms with Gasteiger partial charge in [-0.15, -0.1) is 32.9 Å². The number of hydrogen-bond donors (Lipinski definition) is 0. The summed E-state index contributed by atoms with van der Waals surface area (Å²) in [5.41, 5.74) is 1.78. The number of thiophene rings is 2. The number of hydrogen-bond acceptors (Lipinski definition) is 8. The lowest BCUT2D eigenvalue weighted by molar-refractivity contribution is 0.904. The molecule has 0 aliphatic carbocycles. The summed E-state index contributed by atoms with van der Waals surface area (Å²) in [7, 11) is 0. The van der Waals surface area contributed by atoms with Gasteiger partial charge in [-0.05, 0) is 34.7 Å². The smallest absolute Gasteiger partial charge is 0.203 e. The maximum atomic E-state index is 4.45. The van der Waals surface area contributed by atoms with Crippen LogP contribution in [0.2, 0.25) is 0 Å². The van der Waals surface area contributed by atoms with E-state index in [1.165, 1.54) is 11.8 Å². The number of nitrogens with zero attached hydrogens (tertiary/aromatic N) is 6. The molecule has 6 nitrogen and oxygen atoms in total. The highest BCUT2D eigenvalue weighted by molar-refractivity contribution is 7.99. The molecule has 0 bridgehead atoms. The van der Waals surface area contributed by atoms with Gasteiger partial charge in [0, 0.05) is 0 Å². The van der Waals surface area contributed by atoms with Crippen LogP contribution in [0.1, 0.15) is 0 Å². The minimum atomic E-state index is 0.754. The van der Waals surface area contributed by atoms with Crippen molar-refractivity contribution in [2.45, 2.75) is 10.2 Å². The fourth-order valence-electron chi connectivity index (χ4n) is 2.24. The Labute approximate surface area is 135 Å². The van der Waals surface area contributed by atoms with E-state index in [2.05, 4.69) is 25.1 Å². The van der Waals surface area contributed by atoms with Crippen LogP contribution in [0.25, 0.3) is 26.1 Å². The van der Waals surface area contributed by atoms with Crippen LogP contribution in [-0.2, 0) is 0 Å². The first-order valence-electron chi connectivity index (χ1n) is 6.33. The van der Waals surface area contributed by atoms with Gasteiger partial charge in [0.15, 0.2) is 5.65 Å². The molecule has 0 spiro atoms. The molecular weight excluding hydrogens is 336 g/mol. The third kappa shape index (κ3) is 1.76. The van der Waals surface area contributed by atoms with Gasteiger partial charge >= 0.3 is 0 Å². The molecule has 0 aliphatic rings. The Morgan fingerprint density at radius 2 is 1.95 bits per heavy atom. The average molecular weight is 342 g/mol. The molecule has 5 rings (SSSR count). The van der Waals surface area contributed by atoms with E-state index < -0.39 is 0 Å². The highest BCUT2D eigenvalue weighted by Crippen LogP contribution is 2.33. The van der Waals surface area contributed by atoms with Crippen molar-refractivity contribution in [1.29, 1.82) is 0 Å². The van der Waals surface area contributed by atoms with Crippen molar-refractivity contribution in [2.75, 3.05) is 0 Å². The first-order valence-corrected chi connectivity index (χ1v) is 8.91. The van der Waals surface area contributed by atoms with E-state index in [1.54, 1.807) is 35.3 Å². The molecule has 0 radical (unpaired) electrons. The minimum absolute atomic E-state index is 0.754. The van der Waals surface area contributed by atoms with Crippen LogP contribution in [0.15, 0.2) is 45.7 Å². The molecular formula is C13H6N6S3. The third-order valence-corrected chi connectivity index (χ3v) is 6.06. The van der Waals surface area contributed by atoms with Gasteiger partial charge in [0.05, 0.1) is 15.6 Å². The second-order valence-electron chi connectivity index (χ2n) is 4.48. The second-order valence-corrected chi connectivity index (χ2v) is 7.24. The van der Waals surface area contributed by atoms with Crippen LogP contribution < -0.4 is 0 Å². The van der Waals surface area contributed by atoms with E-state index in [1.807, 2.05) is 27.3 Å². The van der Waals surface area contributed by atoms with Crippen molar-refractivity contribution in [2.24, 2.45) is 0 Å². The van der Waals surface area contributed by atoms with E-state index >= 15 is 0 Å². The topological polar surface area (TPSA) is 68.9 Å². The van der Waals surface area contributed by atoms with Gasteiger partial charge in [-0.25, -0.2) is 15.0 Å². The molecule has 5 aromatic rings. The summed E-state index contributed by atoms with van der Waals surface area (Å²) in [6.07, 6.45) is 3.35. The van der Waals surface area contributed by atoms with E-state index in [-0.39, 0.29) is 0 Å². The van der Waals surface area contributed by atoms with Gasteiger partial charge in [0.1, 0.15) is 22.5 Å². The molecule has 0 N–H and O–H groups in total. The fraction of sp³-hybridized carbons (Fsp3) is 0. The van der Waals surface area contributed by atoms with Crippen LogP contribution in [0.5, 0.6) is 0 Å². The zero-order valence-electron chi connectivity index (χ0n) is 10.9. The second kappa shape index (κ2) is 4.70. The van der Waals surface area contributed by atoms with Crippen LogP contribution in [0, 0.1) is 0 Å². The highest BCUT2D eigenvalue weighted by Gasteiger charge is 2.14. The Hall–Kier alpha value is -2.10. The summed E-state index contributed by atoms with van der Waals surface area (Å²) >= 11 is 4.71. The summed E-state index contributed by atoms with van der Waals surface area (Å²) in [5, 5.41) is 15.3. The lowest BCUT2D eigenvalue weighted by Crippen LogP contribution is -1.90. The molecule has 9 heteroatoms. The Morgan fingerprint density at radius 3 is 2.95 bits per heavy atom. The maximum absolute atomic E-state index is 4.45. The van der Waals surface area contributed by atoms with Gasteiger partial charge in [-0.3, -0.25) is 4.40 Å². The van der Waals surface area contributed by atoms with Crippen LogP contribution >= 0.6 is 34.4 Å². The molecule has 0 fully saturated rings. The molecule has 0 aliphatic heterocycles. The third-order valence-electron chi connectivity index (χ3n) is 3.24. The number of rotatable bonds is 2. The monoisotopic (exact) mass is 342 g/mol. The molecule has 106 valence electrons. The Bertz CT molecular complexity index is 1120. The van der Waals surface area contributed by atoms with Crippen LogP contribution in [0.4, 0.5) is 0 Å². The Balaban J connectivity index is 1.69. The number of fused-ring (bicyclic) bond motifs is 4. The van der Waals surface area contributed by atoms with Gasteiger partial charge in [0.2, 0.25) is 5.16 Å². The van der Waals surface area contributed by atoms with E-state index in [0.717, 1.165) is 36.3 Å². The zero-order valence-corrected chi connectivity index (χ0v) is 13.3. The molecule has 5 heterocycles. The lowest BCUT2D eigenvalue weighted by Gasteiger charge is -2.00. The predicted octanol–water partition coefficient (Wildman–Crippen LogP) is 3.49. The fourth-order valence-corrected chi connectivity index (χ4v) is 4.75. The summed E-state index contributed by atoms with van der Waals surface area (Å²) in [5.74, 6) is 0. The van der Waals surface area contributed by atoms with Crippen molar-refractivity contribution in [3.05, 3.63) is 35.5 Å².